The first-order valence-corrected chi connectivity index (χ1v) is 4.65. The van der Waals surface area contributed by atoms with E-state index in [1.165, 1.54) is 0 Å². The van der Waals surface area contributed by atoms with Gasteiger partial charge >= 0.3 is 5.97 Å². The Bertz CT molecular complexity index is 150. The number of carbonyl (C=O) groups is 1. The number of esters is 1. The van der Waals surface area contributed by atoms with Crippen molar-refractivity contribution in [2.75, 3.05) is 13.2 Å². The van der Waals surface area contributed by atoms with Crippen molar-refractivity contribution in [3.8, 4) is 0 Å². The van der Waals surface area contributed by atoms with Crippen LogP contribution in [-0.2, 0) is 14.3 Å². The zero-order valence-electron chi connectivity index (χ0n) is 8.58. The van der Waals surface area contributed by atoms with Gasteiger partial charge in [-0.3, -0.25) is 4.79 Å². The van der Waals surface area contributed by atoms with E-state index in [0.29, 0.717) is 6.61 Å². The highest BCUT2D eigenvalue weighted by atomic mass is 16.5. The molecule has 0 amide bonds. The molecule has 1 unspecified atom stereocenters. The van der Waals surface area contributed by atoms with Crippen molar-refractivity contribution in [1.29, 1.82) is 0 Å². The highest BCUT2D eigenvalue weighted by Crippen LogP contribution is 1.97. The predicted molar refractivity (Wildman–Crippen MR) is 50.3 cm³/mol. The second-order valence-corrected chi connectivity index (χ2v) is 2.91. The highest BCUT2D eigenvalue weighted by Gasteiger charge is 2.15. The number of carbonyl (C=O) groups excluding carboxylic acids is 1. The van der Waals surface area contributed by atoms with Crippen molar-refractivity contribution in [3.05, 3.63) is 0 Å². The van der Waals surface area contributed by atoms with Crippen molar-refractivity contribution in [2.24, 2.45) is 5.73 Å². The summed E-state index contributed by atoms with van der Waals surface area (Å²) in [5, 5.41) is 0. The molecule has 0 saturated heterocycles. The Hall–Kier alpha value is -0.610. The second-order valence-electron chi connectivity index (χ2n) is 2.91. The molecule has 0 aromatic heterocycles. The van der Waals surface area contributed by atoms with Crippen molar-refractivity contribution in [2.45, 2.75) is 39.3 Å². The lowest BCUT2D eigenvalue weighted by molar-refractivity contribution is -0.146. The summed E-state index contributed by atoms with van der Waals surface area (Å²) >= 11 is 0. The lowest BCUT2D eigenvalue weighted by Gasteiger charge is -2.14. The highest BCUT2D eigenvalue weighted by molar-refractivity contribution is 5.75. The maximum absolute atomic E-state index is 11.0. The zero-order chi connectivity index (χ0) is 10.3. The summed E-state index contributed by atoms with van der Waals surface area (Å²) in [6, 6.07) is -0.658. The first-order chi connectivity index (χ1) is 6.11. The van der Waals surface area contributed by atoms with E-state index in [9.17, 15) is 4.79 Å². The molecule has 0 heterocycles. The van der Waals surface area contributed by atoms with Gasteiger partial charge in [0, 0.05) is 0 Å². The normalized spacial score (nSPS) is 15.1. The average molecular weight is 189 g/mol. The van der Waals surface area contributed by atoms with Gasteiger partial charge in [-0.1, -0.05) is 6.92 Å². The van der Waals surface area contributed by atoms with Crippen LogP contribution < -0.4 is 5.73 Å². The van der Waals surface area contributed by atoms with Gasteiger partial charge in [0.2, 0.25) is 0 Å². The predicted octanol–water partition coefficient (Wildman–Crippen LogP) is 0.692. The number of hydrogen-bond donors (Lipinski definition) is 1. The van der Waals surface area contributed by atoms with E-state index in [0.717, 1.165) is 6.42 Å². The fourth-order valence-electron chi connectivity index (χ4n) is 0.703. The summed E-state index contributed by atoms with van der Waals surface area (Å²) in [7, 11) is 0. The van der Waals surface area contributed by atoms with Gasteiger partial charge in [0.05, 0.1) is 19.3 Å². The van der Waals surface area contributed by atoms with Crippen molar-refractivity contribution < 1.29 is 14.3 Å². The molecule has 0 aliphatic carbocycles. The molecule has 0 bridgehead atoms. The Kier molecular flexibility index (Phi) is 6.54. The van der Waals surface area contributed by atoms with E-state index in [1.54, 1.807) is 6.92 Å². The molecule has 0 aliphatic rings. The minimum Gasteiger partial charge on any atom is -0.465 e. The molecule has 2 N–H and O–H groups in total. The maximum Gasteiger partial charge on any atom is 0.325 e. The summed E-state index contributed by atoms with van der Waals surface area (Å²) < 4.78 is 10.0. The van der Waals surface area contributed by atoms with Crippen LogP contribution in [0.5, 0.6) is 0 Å². The van der Waals surface area contributed by atoms with E-state index < -0.39 is 12.0 Å². The molecule has 0 saturated carbocycles. The first kappa shape index (κ1) is 12.4. The third-order valence-corrected chi connectivity index (χ3v) is 1.72. The quantitative estimate of drug-likeness (QED) is 0.624. The molecule has 0 rings (SSSR count). The van der Waals surface area contributed by atoms with E-state index in [1.807, 2.05) is 13.8 Å². The number of rotatable bonds is 6. The van der Waals surface area contributed by atoms with Gasteiger partial charge in [0.15, 0.2) is 0 Å². The fraction of sp³-hybridized carbons (Fsp3) is 0.889. The summed E-state index contributed by atoms with van der Waals surface area (Å²) in [6.07, 6.45) is 1.05. The Labute approximate surface area is 79.4 Å². The molecule has 0 aromatic carbocycles. The molecule has 4 nitrogen and oxygen atoms in total. The van der Waals surface area contributed by atoms with Gasteiger partial charge in [-0.2, -0.15) is 0 Å². The van der Waals surface area contributed by atoms with Crippen molar-refractivity contribution in [3.63, 3.8) is 0 Å². The molecule has 0 fully saturated rings. The standard InChI is InChI=1S/C9H19NO3/c1-4-7(3)13-6-8(10)9(11)12-5-2/h7-8H,4-6,10H2,1-3H3/t7?,8-/m0/s1. The summed E-state index contributed by atoms with van der Waals surface area (Å²) in [6.45, 7) is 6.29. The van der Waals surface area contributed by atoms with Crippen LogP contribution in [0.2, 0.25) is 0 Å². The van der Waals surface area contributed by atoms with E-state index in [2.05, 4.69) is 0 Å². The topological polar surface area (TPSA) is 61.5 Å². The lowest BCUT2D eigenvalue weighted by atomic mass is 10.3. The van der Waals surface area contributed by atoms with Crippen molar-refractivity contribution in [1.82, 2.24) is 0 Å². The van der Waals surface area contributed by atoms with E-state index in [-0.39, 0.29) is 12.7 Å². The molecule has 4 heteroatoms. The van der Waals surface area contributed by atoms with Crippen LogP contribution in [0.15, 0.2) is 0 Å². The zero-order valence-corrected chi connectivity index (χ0v) is 8.58. The van der Waals surface area contributed by atoms with Crippen LogP contribution in [0.4, 0.5) is 0 Å². The third-order valence-electron chi connectivity index (χ3n) is 1.72. The summed E-state index contributed by atoms with van der Waals surface area (Å²) in [5.74, 6) is -0.397. The van der Waals surface area contributed by atoms with Crippen LogP contribution in [0, 0.1) is 0 Å². The molecule has 78 valence electrons. The first-order valence-electron chi connectivity index (χ1n) is 4.65. The van der Waals surface area contributed by atoms with Crippen LogP contribution >= 0.6 is 0 Å². The van der Waals surface area contributed by atoms with Gasteiger partial charge in [-0.25, -0.2) is 0 Å². The average Bonchev–Trinajstić information content (AvgIpc) is 2.13. The minimum absolute atomic E-state index is 0.139. The van der Waals surface area contributed by atoms with Crippen molar-refractivity contribution >= 4 is 5.97 Å². The van der Waals surface area contributed by atoms with Crippen LogP contribution in [0.25, 0.3) is 0 Å². The molecular weight excluding hydrogens is 170 g/mol. The molecule has 2 atom stereocenters. The van der Waals surface area contributed by atoms with E-state index in [4.69, 9.17) is 15.2 Å². The Morgan fingerprint density at radius 1 is 1.46 bits per heavy atom. The number of ether oxygens (including phenoxy) is 2. The monoisotopic (exact) mass is 189 g/mol. The second kappa shape index (κ2) is 6.86. The van der Waals surface area contributed by atoms with Gasteiger partial charge < -0.3 is 15.2 Å². The Balaban J connectivity index is 3.60. The minimum atomic E-state index is -0.658. The Morgan fingerprint density at radius 2 is 2.08 bits per heavy atom. The van der Waals surface area contributed by atoms with Gasteiger partial charge in [0.25, 0.3) is 0 Å². The third kappa shape index (κ3) is 5.60. The number of nitrogens with two attached hydrogens (primary N) is 1. The maximum atomic E-state index is 11.0. The van der Waals surface area contributed by atoms with Crippen LogP contribution in [0.1, 0.15) is 27.2 Å². The molecule has 13 heavy (non-hydrogen) atoms. The molecule has 0 spiro atoms. The van der Waals surface area contributed by atoms with Gasteiger partial charge in [0.1, 0.15) is 6.04 Å². The van der Waals surface area contributed by atoms with Crippen LogP contribution in [0.3, 0.4) is 0 Å². The smallest absolute Gasteiger partial charge is 0.325 e. The largest absolute Gasteiger partial charge is 0.465 e. The van der Waals surface area contributed by atoms with Gasteiger partial charge in [-0.05, 0) is 20.3 Å². The Morgan fingerprint density at radius 3 is 2.54 bits per heavy atom. The van der Waals surface area contributed by atoms with Crippen LogP contribution in [-0.4, -0.2) is 31.3 Å². The van der Waals surface area contributed by atoms with Gasteiger partial charge in [-0.15, -0.1) is 0 Å². The molecular formula is C9H19NO3. The molecule has 0 aromatic rings. The summed E-state index contributed by atoms with van der Waals surface area (Å²) in [4.78, 5) is 11.0. The number of hydrogen-bond acceptors (Lipinski definition) is 4. The summed E-state index contributed by atoms with van der Waals surface area (Å²) in [5.41, 5.74) is 5.51. The van der Waals surface area contributed by atoms with E-state index >= 15 is 0 Å². The molecule has 0 aliphatic heterocycles. The lowest BCUT2D eigenvalue weighted by Crippen LogP contribution is -2.37. The molecule has 0 radical (unpaired) electrons. The SMILES string of the molecule is CCOC(=O)[C@@H](N)COC(C)CC. The fourth-order valence-corrected chi connectivity index (χ4v) is 0.703.